The van der Waals surface area contributed by atoms with Crippen molar-refractivity contribution in [1.82, 2.24) is 4.90 Å². The topological polar surface area (TPSA) is 46.6 Å². The molecule has 20 heavy (non-hydrogen) atoms. The lowest BCUT2D eigenvalue weighted by Crippen LogP contribution is -2.42. The summed E-state index contributed by atoms with van der Waals surface area (Å²) in [6.07, 6.45) is 1.63. The monoisotopic (exact) mass is 297 g/mol. The van der Waals surface area contributed by atoms with E-state index in [0.29, 0.717) is 12.5 Å². The summed E-state index contributed by atoms with van der Waals surface area (Å²) in [5.74, 6) is 0.214. The van der Waals surface area contributed by atoms with E-state index in [1.807, 2.05) is 0 Å². The SMILES string of the molecule is CN1C(=O)[C@H]2CC(CO[Si](C)(C)C(C)(C)C)C[C@H]2C1=O. The molecule has 5 heteroatoms. The van der Waals surface area contributed by atoms with Crippen molar-refractivity contribution in [3.63, 3.8) is 0 Å². The fourth-order valence-corrected chi connectivity index (χ4v) is 4.06. The van der Waals surface area contributed by atoms with Crippen molar-refractivity contribution in [1.29, 1.82) is 0 Å². The van der Waals surface area contributed by atoms with Crippen molar-refractivity contribution < 1.29 is 14.0 Å². The summed E-state index contributed by atoms with van der Waals surface area (Å²) < 4.78 is 6.24. The zero-order valence-electron chi connectivity index (χ0n) is 13.5. The molecule has 0 aromatic carbocycles. The molecule has 1 unspecified atom stereocenters. The molecule has 1 saturated carbocycles. The van der Waals surface area contributed by atoms with Crippen LogP contribution in [0.15, 0.2) is 0 Å². The van der Waals surface area contributed by atoms with Crippen molar-refractivity contribution in [2.75, 3.05) is 13.7 Å². The Labute approximate surface area is 123 Å². The van der Waals surface area contributed by atoms with Crippen LogP contribution in [0, 0.1) is 17.8 Å². The Morgan fingerprint density at radius 3 is 2.00 bits per heavy atom. The number of rotatable bonds is 3. The summed E-state index contributed by atoms with van der Waals surface area (Å²) in [4.78, 5) is 25.3. The number of likely N-dealkylation sites (tertiary alicyclic amines) is 1. The molecule has 1 heterocycles. The number of hydrogen-bond acceptors (Lipinski definition) is 3. The highest BCUT2D eigenvalue weighted by molar-refractivity contribution is 6.74. The van der Waals surface area contributed by atoms with Gasteiger partial charge in [0, 0.05) is 13.7 Å². The van der Waals surface area contributed by atoms with E-state index < -0.39 is 8.32 Å². The van der Waals surface area contributed by atoms with Crippen LogP contribution in [0.25, 0.3) is 0 Å². The van der Waals surface area contributed by atoms with Crippen LogP contribution >= 0.6 is 0 Å². The maximum atomic E-state index is 12.0. The predicted octanol–water partition coefficient (Wildman–Crippen LogP) is 2.65. The fourth-order valence-electron chi connectivity index (χ4n) is 2.97. The Kier molecular flexibility index (Phi) is 3.88. The van der Waals surface area contributed by atoms with Crippen LogP contribution < -0.4 is 0 Å². The Morgan fingerprint density at radius 1 is 1.15 bits per heavy atom. The maximum absolute atomic E-state index is 12.0. The van der Waals surface area contributed by atoms with E-state index in [1.54, 1.807) is 7.05 Å². The third kappa shape index (κ3) is 2.57. The van der Waals surface area contributed by atoms with Gasteiger partial charge in [-0.15, -0.1) is 0 Å². The van der Waals surface area contributed by atoms with E-state index in [9.17, 15) is 9.59 Å². The summed E-state index contributed by atoms with van der Waals surface area (Å²) in [7, 11) is -0.135. The van der Waals surface area contributed by atoms with Gasteiger partial charge in [0.15, 0.2) is 8.32 Å². The fraction of sp³-hybridized carbons (Fsp3) is 0.867. The van der Waals surface area contributed by atoms with Crippen molar-refractivity contribution in [2.45, 2.75) is 51.7 Å². The first-order chi connectivity index (χ1) is 9.04. The molecule has 1 aliphatic heterocycles. The molecule has 2 amide bonds. The van der Waals surface area contributed by atoms with Gasteiger partial charge in [-0.3, -0.25) is 14.5 Å². The minimum absolute atomic E-state index is 0.00910. The molecule has 1 saturated heterocycles. The smallest absolute Gasteiger partial charge is 0.232 e. The highest BCUT2D eigenvalue weighted by atomic mass is 28.4. The minimum atomic E-state index is -1.74. The lowest BCUT2D eigenvalue weighted by atomic mass is 10.00. The Bertz CT molecular complexity index is 403. The molecular weight excluding hydrogens is 270 g/mol. The summed E-state index contributed by atoms with van der Waals surface area (Å²) in [5.41, 5.74) is 0. The lowest BCUT2D eigenvalue weighted by Gasteiger charge is -2.37. The summed E-state index contributed by atoms with van der Waals surface area (Å²) in [6.45, 7) is 11.9. The van der Waals surface area contributed by atoms with Gasteiger partial charge in [0.1, 0.15) is 0 Å². The standard InChI is InChI=1S/C15H27NO3Si/c1-15(2,3)20(5,6)19-9-10-7-11-12(8-10)14(18)16(4)13(11)17/h10-12H,7-9H2,1-6H3/t10?,11-,12+. The third-order valence-corrected chi connectivity index (χ3v) is 9.94. The van der Waals surface area contributed by atoms with Gasteiger partial charge in [0.2, 0.25) is 11.8 Å². The molecule has 0 aromatic heterocycles. The quantitative estimate of drug-likeness (QED) is 0.594. The van der Waals surface area contributed by atoms with Gasteiger partial charge in [0.25, 0.3) is 0 Å². The summed E-state index contributed by atoms with van der Waals surface area (Å²) >= 11 is 0. The number of imide groups is 1. The number of amides is 2. The van der Waals surface area contributed by atoms with Crippen LogP contribution in [-0.2, 0) is 14.0 Å². The van der Waals surface area contributed by atoms with E-state index in [1.165, 1.54) is 4.90 Å². The number of carbonyl (C=O) groups excluding carboxylic acids is 2. The van der Waals surface area contributed by atoms with Crippen LogP contribution in [0.3, 0.4) is 0 Å². The molecule has 0 bridgehead atoms. The van der Waals surface area contributed by atoms with Crippen LogP contribution in [0.1, 0.15) is 33.6 Å². The molecule has 3 atom stereocenters. The summed E-state index contributed by atoms with van der Waals surface area (Å²) in [5, 5.41) is 0.202. The van der Waals surface area contributed by atoms with Crippen molar-refractivity contribution in [2.24, 2.45) is 17.8 Å². The summed E-state index contributed by atoms with van der Waals surface area (Å²) in [6, 6.07) is 0. The second-order valence-electron chi connectivity index (χ2n) is 7.86. The Morgan fingerprint density at radius 2 is 1.60 bits per heavy atom. The van der Waals surface area contributed by atoms with Crippen LogP contribution in [0.5, 0.6) is 0 Å². The third-order valence-electron chi connectivity index (χ3n) is 5.44. The second kappa shape index (κ2) is 4.95. The first-order valence-electron chi connectivity index (χ1n) is 7.50. The van der Waals surface area contributed by atoms with Gasteiger partial charge >= 0.3 is 0 Å². The predicted molar refractivity (Wildman–Crippen MR) is 80.6 cm³/mol. The first-order valence-corrected chi connectivity index (χ1v) is 10.4. The molecule has 114 valence electrons. The van der Waals surface area contributed by atoms with Crippen LogP contribution in [0.2, 0.25) is 18.1 Å². The minimum Gasteiger partial charge on any atom is -0.417 e. The maximum Gasteiger partial charge on any atom is 0.232 e. The second-order valence-corrected chi connectivity index (χ2v) is 12.7. The van der Waals surface area contributed by atoms with Gasteiger partial charge in [-0.25, -0.2) is 0 Å². The van der Waals surface area contributed by atoms with E-state index in [4.69, 9.17) is 4.43 Å². The molecule has 2 aliphatic rings. The largest absolute Gasteiger partial charge is 0.417 e. The van der Waals surface area contributed by atoms with Gasteiger partial charge < -0.3 is 4.43 Å². The highest BCUT2D eigenvalue weighted by Crippen LogP contribution is 2.44. The molecular formula is C15H27NO3Si. The Balaban J connectivity index is 1.93. The van der Waals surface area contributed by atoms with Crippen LogP contribution in [0.4, 0.5) is 0 Å². The zero-order chi connectivity index (χ0) is 15.3. The molecule has 0 aromatic rings. The normalized spacial score (nSPS) is 31.1. The van der Waals surface area contributed by atoms with Gasteiger partial charge in [0.05, 0.1) is 11.8 Å². The van der Waals surface area contributed by atoms with E-state index in [0.717, 1.165) is 12.8 Å². The van der Waals surface area contributed by atoms with Gasteiger partial charge in [-0.2, -0.15) is 0 Å². The van der Waals surface area contributed by atoms with E-state index in [-0.39, 0.29) is 28.7 Å². The number of hydrogen-bond donors (Lipinski definition) is 0. The number of carbonyl (C=O) groups is 2. The van der Waals surface area contributed by atoms with Gasteiger partial charge in [-0.1, -0.05) is 20.8 Å². The van der Waals surface area contributed by atoms with Crippen molar-refractivity contribution in [3.05, 3.63) is 0 Å². The number of fused-ring (bicyclic) bond motifs is 1. The molecule has 4 nitrogen and oxygen atoms in total. The first kappa shape index (κ1) is 15.7. The Hall–Kier alpha value is -0.683. The number of nitrogens with zero attached hydrogens (tertiary/aromatic N) is 1. The molecule has 0 spiro atoms. The van der Waals surface area contributed by atoms with Crippen LogP contribution in [-0.4, -0.2) is 38.7 Å². The molecule has 0 radical (unpaired) electrons. The molecule has 2 rings (SSSR count). The average Bonchev–Trinajstić information content (AvgIpc) is 2.83. The van der Waals surface area contributed by atoms with Gasteiger partial charge in [-0.05, 0) is 36.9 Å². The van der Waals surface area contributed by atoms with Crippen molar-refractivity contribution >= 4 is 20.1 Å². The van der Waals surface area contributed by atoms with E-state index >= 15 is 0 Å². The zero-order valence-corrected chi connectivity index (χ0v) is 14.5. The lowest BCUT2D eigenvalue weighted by molar-refractivity contribution is -0.138. The molecule has 0 N–H and O–H groups in total. The van der Waals surface area contributed by atoms with E-state index in [2.05, 4.69) is 33.9 Å². The average molecular weight is 297 g/mol. The molecule has 2 fully saturated rings. The molecule has 1 aliphatic carbocycles. The highest BCUT2D eigenvalue weighted by Gasteiger charge is 2.51. The van der Waals surface area contributed by atoms with Crippen molar-refractivity contribution in [3.8, 4) is 0 Å².